The molecule has 1 aliphatic rings. The van der Waals surface area contributed by atoms with Crippen LogP contribution < -0.4 is 11.1 Å². The Morgan fingerprint density at radius 3 is 3.09 bits per heavy atom. The summed E-state index contributed by atoms with van der Waals surface area (Å²) in [6.07, 6.45) is 1.14. The number of aryl methyl sites for hydroxylation is 1. The van der Waals surface area contributed by atoms with Crippen LogP contribution in [-0.4, -0.2) is 6.54 Å². The van der Waals surface area contributed by atoms with E-state index in [4.69, 9.17) is 5.73 Å². The minimum Gasteiger partial charge on any atom is -0.398 e. The molecule has 2 heteroatoms. The second kappa shape index (κ2) is 2.16. The monoisotopic (exact) mass is 148 g/mol. The van der Waals surface area contributed by atoms with Crippen molar-refractivity contribution in [2.75, 3.05) is 17.6 Å². The number of hydrogen-bond donors (Lipinski definition) is 2. The van der Waals surface area contributed by atoms with E-state index in [1.54, 1.807) is 0 Å². The molecule has 0 saturated carbocycles. The largest absolute Gasteiger partial charge is 0.398 e. The van der Waals surface area contributed by atoms with Crippen molar-refractivity contribution in [2.45, 2.75) is 13.3 Å². The molecule has 0 bridgehead atoms. The van der Waals surface area contributed by atoms with Crippen molar-refractivity contribution in [1.29, 1.82) is 0 Å². The molecule has 0 spiro atoms. The van der Waals surface area contributed by atoms with Gasteiger partial charge in [-0.25, -0.2) is 0 Å². The molecule has 1 aliphatic heterocycles. The summed E-state index contributed by atoms with van der Waals surface area (Å²) in [4.78, 5) is 0. The van der Waals surface area contributed by atoms with Crippen molar-refractivity contribution >= 4 is 11.4 Å². The lowest BCUT2D eigenvalue weighted by Gasteiger charge is -2.03. The van der Waals surface area contributed by atoms with E-state index in [-0.39, 0.29) is 0 Å². The summed E-state index contributed by atoms with van der Waals surface area (Å²) in [5, 5.41) is 3.29. The lowest BCUT2D eigenvalue weighted by atomic mass is 10.1. The third kappa shape index (κ3) is 0.946. The summed E-state index contributed by atoms with van der Waals surface area (Å²) in [6, 6.07) is 4.20. The molecule has 0 atom stereocenters. The predicted octanol–water partition coefficient (Wildman–Crippen LogP) is 1.55. The van der Waals surface area contributed by atoms with E-state index >= 15 is 0 Å². The van der Waals surface area contributed by atoms with Gasteiger partial charge in [0.05, 0.1) is 0 Å². The lowest BCUT2D eigenvalue weighted by molar-refractivity contribution is 1.10. The van der Waals surface area contributed by atoms with Gasteiger partial charge in [-0.2, -0.15) is 0 Å². The Hall–Kier alpha value is -1.18. The molecule has 1 aromatic carbocycles. The summed E-state index contributed by atoms with van der Waals surface area (Å²) in [6.45, 7) is 3.10. The first kappa shape index (κ1) is 6.53. The molecule has 0 amide bonds. The molecule has 1 aromatic rings. The van der Waals surface area contributed by atoms with Crippen molar-refractivity contribution in [3.05, 3.63) is 23.3 Å². The molecule has 0 unspecified atom stereocenters. The molecule has 3 N–H and O–H groups in total. The number of benzene rings is 1. The van der Waals surface area contributed by atoms with E-state index in [0.717, 1.165) is 18.7 Å². The predicted molar refractivity (Wildman–Crippen MR) is 47.8 cm³/mol. The fourth-order valence-corrected chi connectivity index (χ4v) is 1.49. The Balaban J connectivity index is 2.57. The quantitative estimate of drug-likeness (QED) is 0.548. The average molecular weight is 148 g/mol. The molecular formula is C9H12N2. The first-order chi connectivity index (χ1) is 5.27. The van der Waals surface area contributed by atoms with Crippen LogP contribution in [0, 0.1) is 6.92 Å². The summed E-state index contributed by atoms with van der Waals surface area (Å²) >= 11 is 0. The molecule has 2 rings (SSSR count). The van der Waals surface area contributed by atoms with Crippen molar-refractivity contribution in [1.82, 2.24) is 0 Å². The highest BCUT2D eigenvalue weighted by molar-refractivity contribution is 5.65. The molecule has 0 aromatic heterocycles. The number of hydrogen-bond acceptors (Lipinski definition) is 2. The van der Waals surface area contributed by atoms with Gasteiger partial charge in [0.2, 0.25) is 0 Å². The van der Waals surface area contributed by atoms with Crippen LogP contribution in [0.15, 0.2) is 12.1 Å². The first-order valence-electron chi connectivity index (χ1n) is 3.90. The van der Waals surface area contributed by atoms with Gasteiger partial charge in [-0.1, -0.05) is 6.07 Å². The normalized spacial score (nSPS) is 14.3. The molecule has 11 heavy (non-hydrogen) atoms. The summed E-state index contributed by atoms with van der Waals surface area (Å²) in [5.41, 5.74) is 10.4. The van der Waals surface area contributed by atoms with Gasteiger partial charge < -0.3 is 11.1 Å². The van der Waals surface area contributed by atoms with Gasteiger partial charge >= 0.3 is 0 Å². The Bertz CT molecular complexity index is 263. The fourth-order valence-electron chi connectivity index (χ4n) is 1.49. The zero-order chi connectivity index (χ0) is 7.84. The van der Waals surface area contributed by atoms with Crippen LogP contribution in [-0.2, 0) is 6.42 Å². The lowest BCUT2D eigenvalue weighted by Crippen LogP contribution is -1.93. The molecule has 0 saturated heterocycles. The zero-order valence-corrected chi connectivity index (χ0v) is 6.65. The van der Waals surface area contributed by atoms with Crippen molar-refractivity contribution in [2.24, 2.45) is 0 Å². The Kier molecular flexibility index (Phi) is 1.28. The molecular weight excluding hydrogens is 136 g/mol. The molecule has 0 fully saturated rings. The van der Waals surface area contributed by atoms with Gasteiger partial charge in [0.15, 0.2) is 0 Å². The maximum Gasteiger partial charge on any atom is 0.0394 e. The highest BCUT2D eigenvalue weighted by Crippen LogP contribution is 2.26. The van der Waals surface area contributed by atoms with Gasteiger partial charge in [0, 0.05) is 17.9 Å². The summed E-state index contributed by atoms with van der Waals surface area (Å²) < 4.78 is 0. The number of nitrogens with two attached hydrogens (primary N) is 1. The van der Waals surface area contributed by atoms with E-state index in [1.165, 1.54) is 16.8 Å². The van der Waals surface area contributed by atoms with E-state index in [0.29, 0.717) is 0 Å². The third-order valence-corrected chi connectivity index (χ3v) is 2.20. The Labute approximate surface area is 66.4 Å². The average Bonchev–Trinajstić information content (AvgIpc) is 2.36. The Morgan fingerprint density at radius 1 is 1.45 bits per heavy atom. The van der Waals surface area contributed by atoms with Gasteiger partial charge in [-0.3, -0.25) is 0 Å². The summed E-state index contributed by atoms with van der Waals surface area (Å²) in [5.74, 6) is 0. The van der Waals surface area contributed by atoms with Crippen LogP contribution in [0.3, 0.4) is 0 Å². The highest BCUT2D eigenvalue weighted by atomic mass is 14.9. The van der Waals surface area contributed by atoms with Crippen LogP contribution in [0.25, 0.3) is 0 Å². The van der Waals surface area contributed by atoms with Crippen molar-refractivity contribution < 1.29 is 0 Å². The Morgan fingerprint density at radius 2 is 2.27 bits per heavy atom. The number of rotatable bonds is 0. The number of nitrogens with one attached hydrogen (secondary N) is 1. The van der Waals surface area contributed by atoms with Crippen LogP contribution in [0.5, 0.6) is 0 Å². The van der Waals surface area contributed by atoms with Crippen LogP contribution in [0.2, 0.25) is 0 Å². The molecule has 0 radical (unpaired) electrons. The molecule has 2 nitrogen and oxygen atoms in total. The smallest absolute Gasteiger partial charge is 0.0394 e. The van der Waals surface area contributed by atoms with Crippen LogP contribution in [0.4, 0.5) is 11.4 Å². The second-order valence-corrected chi connectivity index (χ2v) is 3.04. The van der Waals surface area contributed by atoms with Gasteiger partial charge in [0.1, 0.15) is 0 Å². The SMILES string of the molecule is Cc1cc2c(cc1N)NCC2. The number of nitrogen functional groups attached to an aromatic ring is 1. The maximum atomic E-state index is 5.75. The van der Waals surface area contributed by atoms with Gasteiger partial charge in [-0.05, 0) is 30.5 Å². The van der Waals surface area contributed by atoms with Crippen molar-refractivity contribution in [3.8, 4) is 0 Å². The maximum absolute atomic E-state index is 5.75. The van der Waals surface area contributed by atoms with E-state index in [2.05, 4.69) is 11.4 Å². The fraction of sp³-hybridized carbons (Fsp3) is 0.333. The van der Waals surface area contributed by atoms with Gasteiger partial charge in [-0.15, -0.1) is 0 Å². The summed E-state index contributed by atoms with van der Waals surface area (Å²) in [7, 11) is 0. The minimum atomic E-state index is 0.887. The van der Waals surface area contributed by atoms with E-state index in [9.17, 15) is 0 Å². The van der Waals surface area contributed by atoms with E-state index in [1.807, 2.05) is 13.0 Å². The molecule has 0 aliphatic carbocycles. The number of anilines is 2. The second-order valence-electron chi connectivity index (χ2n) is 3.04. The zero-order valence-electron chi connectivity index (χ0n) is 6.65. The van der Waals surface area contributed by atoms with Gasteiger partial charge in [0.25, 0.3) is 0 Å². The van der Waals surface area contributed by atoms with Crippen molar-refractivity contribution in [3.63, 3.8) is 0 Å². The standard InChI is InChI=1S/C9H12N2/c1-6-4-7-2-3-11-9(7)5-8(6)10/h4-5,11H,2-3,10H2,1H3. The highest BCUT2D eigenvalue weighted by Gasteiger charge is 2.10. The van der Waals surface area contributed by atoms with E-state index < -0.39 is 0 Å². The topological polar surface area (TPSA) is 38.0 Å². The first-order valence-corrected chi connectivity index (χ1v) is 3.90. The number of fused-ring (bicyclic) bond motifs is 1. The van der Waals surface area contributed by atoms with Crippen LogP contribution in [0.1, 0.15) is 11.1 Å². The molecule has 58 valence electrons. The van der Waals surface area contributed by atoms with Crippen LogP contribution >= 0.6 is 0 Å². The molecule has 1 heterocycles. The third-order valence-electron chi connectivity index (χ3n) is 2.20. The minimum absolute atomic E-state index is 0.887.